The molecule has 0 aliphatic carbocycles. The first-order chi connectivity index (χ1) is 11.0. The third-order valence-corrected chi connectivity index (χ3v) is 3.81. The van der Waals surface area contributed by atoms with Gasteiger partial charge in [0.25, 0.3) is 5.91 Å². The fourth-order valence-electron chi connectivity index (χ4n) is 1.86. The van der Waals surface area contributed by atoms with Gasteiger partial charge >= 0.3 is 0 Å². The van der Waals surface area contributed by atoms with Crippen LogP contribution in [0.25, 0.3) is 10.6 Å². The molecule has 0 spiro atoms. The Kier molecular flexibility index (Phi) is 4.07. The lowest BCUT2D eigenvalue weighted by molar-refractivity contribution is 0.101. The first kappa shape index (κ1) is 15.2. The number of nitrogens with zero attached hydrogens (tertiary/aromatic N) is 2. The molecule has 2 aromatic carbocycles. The minimum absolute atomic E-state index is 0.0805. The van der Waals surface area contributed by atoms with Gasteiger partial charge in [-0.2, -0.15) is 0 Å². The number of hydrogen-bond acceptors (Lipinski definition) is 4. The van der Waals surface area contributed by atoms with E-state index in [0.717, 1.165) is 23.5 Å². The molecule has 1 aromatic heterocycles. The van der Waals surface area contributed by atoms with Gasteiger partial charge in [0.05, 0.1) is 0 Å². The van der Waals surface area contributed by atoms with Gasteiger partial charge in [0.2, 0.25) is 5.13 Å². The van der Waals surface area contributed by atoms with E-state index < -0.39 is 23.1 Å². The van der Waals surface area contributed by atoms with E-state index in [1.54, 1.807) is 0 Å². The van der Waals surface area contributed by atoms with Gasteiger partial charge in [-0.1, -0.05) is 17.4 Å². The summed E-state index contributed by atoms with van der Waals surface area (Å²) in [5.41, 5.74) is -0.0764. The van der Waals surface area contributed by atoms with Crippen molar-refractivity contribution < 1.29 is 18.0 Å². The number of hydrogen-bond donors (Lipinski definition) is 1. The summed E-state index contributed by atoms with van der Waals surface area (Å²) in [4.78, 5) is 11.9. The highest BCUT2D eigenvalue weighted by Crippen LogP contribution is 2.27. The number of carbonyl (C=O) groups is 1. The second-order valence-electron chi connectivity index (χ2n) is 4.47. The summed E-state index contributed by atoms with van der Waals surface area (Å²) in [5, 5.41) is 10.4. The smallest absolute Gasteiger partial charge is 0.263 e. The van der Waals surface area contributed by atoms with E-state index in [1.807, 2.05) is 0 Å². The van der Waals surface area contributed by atoms with Crippen molar-refractivity contribution in [3.63, 3.8) is 0 Å². The van der Waals surface area contributed by atoms with Crippen LogP contribution < -0.4 is 5.32 Å². The van der Waals surface area contributed by atoms with E-state index in [-0.39, 0.29) is 10.9 Å². The van der Waals surface area contributed by atoms with E-state index >= 15 is 0 Å². The predicted molar refractivity (Wildman–Crippen MR) is 79.6 cm³/mol. The summed E-state index contributed by atoms with van der Waals surface area (Å²) in [5.74, 6) is -3.28. The Labute approximate surface area is 132 Å². The van der Waals surface area contributed by atoms with Crippen molar-refractivity contribution in [1.82, 2.24) is 10.2 Å². The van der Waals surface area contributed by atoms with Crippen LogP contribution in [0.5, 0.6) is 0 Å². The molecule has 0 radical (unpaired) electrons. The molecule has 0 bridgehead atoms. The number of halogens is 3. The molecular weight excluding hydrogens is 327 g/mol. The molecule has 4 nitrogen and oxygen atoms in total. The number of benzene rings is 2. The van der Waals surface area contributed by atoms with Crippen molar-refractivity contribution in [2.75, 3.05) is 5.32 Å². The molecule has 3 rings (SSSR count). The lowest BCUT2D eigenvalue weighted by Crippen LogP contribution is -2.15. The average Bonchev–Trinajstić information content (AvgIpc) is 2.96. The van der Waals surface area contributed by atoms with Crippen molar-refractivity contribution >= 4 is 22.4 Å². The van der Waals surface area contributed by atoms with Crippen LogP contribution in [0.2, 0.25) is 0 Å². The van der Waals surface area contributed by atoms with Crippen LogP contribution in [0.3, 0.4) is 0 Å². The van der Waals surface area contributed by atoms with Crippen LogP contribution in [0.1, 0.15) is 10.4 Å². The summed E-state index contributed by atoms with van der Waals surface area (Å²) >= 11 is 1.01. The maximum Gasteiger partial charge on any atom is 0.263 e. The molecule has 0 saturated heterocycles. The average molecular weight is 335 g/mol. The van der Waals surface area contributed by atoms with Crippen molar-refractivity contribution in [3.8, 4) is 10.6 Å². The normalized spacial score (nSPS) is 10.6. The summed E-state index contributed by atoms with van der Waals surface area (Å²) in [6.45, 7) is 0. The van der Waals surface area contributed by atoms with E-state index in [0.29, 0.717) is 10.6 Å². The number of rotatable bonds is 3. The Hall–Kier alpha value is -2.74. The van der Waals surface area contributed by atoms with E-state index in [2.05, 4.69) is 15.5 Å². The zero-order valence-electron chi connectivity index (χ0n) is 11.4. The van der Waals surface area contributed by atoms with Crippen molar-refractivity contribution in [2.45, 2.75) is 0 Å². The molecule has 0 saturated carbocycles. The lowest BCUT2D eigenvalue weighted by atomic mass is 10.2. The zero-order chi connectivity index (χ0) is 16.4. The Balaban J connectivity index is 1.82. The molecule has 1 N–H and O–H groups in total. The van der Waals surface area contributed by atoms with Crippen LogP contribution in [-0.4, -0.2) is 16.1 Å². The van der Waals surface area contributed by atoms with Gasteiger partial charge in [-0.25, -0.2) is 13.2 Å². The molecule has 3 aromatic rings. The third-order valence-electron chi connectivity index (χ3n) is 2.93. The van der Waals surface area contributed by atoms with Gasteiger partial charge in [-0.05, 0) is 36.4 Å². The van der Waals surface area contributed by atoms with E-state index in [1.165, 1.54) is 30.3 Å². The number of amides is 1. The van der Waals surface area contributed by atoms with Gasteiger partial charge in [-0.15, -0.1) is 10.2 Å². The fraction of sp³-hybridized carbons (Fsp3) is 0. The van der Waals surface area contributed by atoms with E-state index in [9.17, 15) is 18.0 Å². The molecule has 23 heavy (non-hydrogen) atoms. The molecule has 116 valence electrons. The predicted octanol–water partition coefficient (Wildman–Crippen LogP) is 3.87. The van der Waals surface area contributed by atoms with Gasteiger partial charge < -0.3 is 0 Å². The minimum atomic E-state index is -0.967. The first-order valence-corrected chi connectivity index (χ1v) is 7.21. The molecule has 1 amide bonds. The van der Waals surface area contributed by atoms with E-state index in [4.69, 9.17) is 0 Å². The molecule has 0 atom stereocenters. The number of aromatic nitrogens is 2. The Morgan fingerprint density at radius 2 is 1.61 bits per heavy atom. The van der Waals surface area contributed by atoms with Crippen LogP contribution >= 0.6 is 11.3 Å². The molecule has 0 fully saturated rings. The van der Waals surface area contributed by atoms with Crippen LogP contribution in [-0.2, 0) is 0 Å². The highest BCUT2D eigenvalue weighted by Gasteiger charge is 2.18. The topological polar surface area (TPSA) is 54.9 Å². The van der Waals surface area contributed by atoms with Gasteiger partial charge in [0.15, 0.2) is 0 Å². The highest BCUT2D eigenvalue weighted by atomic mass is 32.1. The summed E-state index contributed by atoms with van der Waals surface area (Å²) < 4.78 is 40.0. The number of carbonyl (C=O) groups excluding carboxylic acids is 1. The Bertz CT molecular complexity index is 844. The quantitative estimate of drug-likeness (QED) is 0.790. The maximum absolute atomic E-state index is 13.5. The van der Waals surface area contributed by atoms with Crippen molar-refractivity contribution in [3.05, 3.63) is 65.5 Å². The molecule has 8 heteroatoms. The lowest BCUT2D eigenvalue weighted by Gasteiger charge is -2.03. The summed E-state index contributed by atoms with van der Waals surface area (Å²) in [6, 6.07) is 8.70. The first-order valence-electron chi connectivity index (χ1n) is 6.39. The maximum atomic E-state index is 13.5. The second-order valence-corrected chi connectivity index (χ2v) is 5.45. The highest BCUT2D eigenvalue weighted by molar-refractivity contribution is 7.18. The largest absolute Gasteiger partial charge is 0.296 e. The van der Waals surface area contributed by atoms with Crippen LogP contribution in [0, 0.1) is 17.5 Å². The standard InChI is InChI=1S/C15H8F3N3OS/c16-9-6-4-8(5-7-9)14-20-21-15(23-14)19-13(22)12-10(17)2-1-3-11(12)18/h1-7H,(H,19,21,22). The van der Waals surface area contributed by atoms with Crippen molar-refractivity contribution in [1.29, 1.82) is 0 Å². The fourth-order valence-corrected chi connectivity index (χ4v) is 2.60. The van der Waals surface area contributed by atoms with Gasteiger partial charge in [0.1, 0.15) is 28.0 Å². The zero-order valence-corrected chi connectivity index (χ0v) is 12.2. The van der Waals surface area contributed by atoms with Crippen molar-refractivity contribution in [2.24, 2.45) is 0 Å². The molecule has 0 aliphatic heterocycles. The molecular formula is C15H8F3N3OS. The molecule has 0 unspecified atom stereocenters. The Morgan fingerprint density at radius 3 is 2.26 bits per heavy atom. The van der Waals surface area contributed by atoms with Crippen LogP contribution in [0.4, 0.5) is 18.3 Å². The second kappa shape index (κ2) is 6.17. The third kappa shape index (κ3) is 3.21. The van der Waals surface area contributed by atoms with Crippen LogP contribution in [0.15, 0.2) is 42.5 Å². The van der Waals surface area contributed by atoms with Gasteiger partial charge in [-0.3, -0.25) is 10.1 Å². The SMILES string of the molecule is O=C(Nc1nnc(-c2ccc(F)cc2)s1)c1c(F)cccc1F. The molecule has 0 aliphatic rings. The van der Waals surface area contributed by atoms with Gasteiger partial charge in [0, 0.05) is 5.56 Å². The minimum Gasteiger partial charge on any atom is -0.296 e. The number of nitrogens with one attached hydrogen (secondary N) is 1. The number of anilines is 1. The summed E-state index contributed by atoms with van der Waals surface area (Å²) in [6.07, 6.45) is 0. The molecule has 1 heterocycles. The Morgan fingerprint density at radius 1 is 0.957 bits per heavy atom. The monoisotopic (exact) mass is 335 g/mol. The summed E-state index contributed by atoms with van der Waals surface area (Å²) in [7, 11) is 0.